The molecule has 1 saturated heterocycles. The Balaban J connectivity index is 2.09. The van der Waals surface area contributed by atoms with Crippen molar-refractivity contribution in [2.75, 3.05) is 34.5 Å². The standard InChI is InChI=1S/C20H24N2O6S/c1-11-16(19(24)28-9-8-25-3)17(22-18(23)12(2)29-20(22)21-11)13-6-7-14(26-4)15(10-13)27-5/h6-7,10,12,17H,8-9H2,1-5H3/t12-,17+/m1/s1. The largest absolute Gasteiger partial charge is 0.493 e. The van der Waals surface area contributed by atoms with Crippen molar-refractivity contribution in [2.45, 2.75) is 25.1 Å². The Labute approximate surface area is 173 Å². The van der Waals surface area contributed by atoms with Gasteiger partial charge in [0.05, 0.1) is 43.4 Å². The van der Waals surface area contributed by atoms with E-state index in [9.17, 15) is 9.59 Å². The van der Waals surface area contributed by atoms with Crippen LogP contribution in [0.2, 0.25) is 0 Å². The predicted molar refractivity (Wildman–Crippen MR) is 109 cm³/mol. The molecule has 29 heavy (non-hydrogen) atoms. The van der Waals surface area contributed by atoms with Crippen molar-refractivity contribution in [1.82, 2.24) is 4.90 Å². The van der Waals surface area contributed by atoms with Crippen molar-refractivity contribution in [3.8, 4) is 11.5 Å². The van der Waals surface area contributed by atoms with Crippen LogP contribution in [-0.4, -0.2) is 61.7 Å². The molecule has 0 bridgehead atoms. The van der Waals surface area contributed by atoms with E-state index in [4.69, 9.17) is 18.9 Å². The molecule has 8 nitrogen and oxygen atoms in total. The van der Waals surface area contributed by atoms with Crippen LogP contribution in [0.25, 0.3) is 0 Å². The fourth-order valence-corrected chi connectivity index (χ4v) is 4.33. The molecule has 2 heterocycles. The molecule has 0 spiro atoms. The third kappa shape index (κ3) is 3.97. The molecular formula is C20H24N2O6S. The normalized spacial score (nSPS) is 21.1. The Kier molecular flexibility index (Phi) is 6.49. The highest BCUT2D eigenvalue weighted by Crippen LogP contribution is 2.44. The zero-order valence-electron chi connectivity index (χ0n) is 17.1. The van der Waals surface area contributed by atoms with E-state index in [0.717, 1.165) is 0 Å². The molecule has 0 N–H and O–H groups in total. The molecule has 0 radical (unpaired) electrons. The second kappa shape index (κ2) is 8.87. The van der Waals surface area contributed by atoms with Gasteiger partial charge in [0.2, 0.25) is 5.91 Å². The van der Waals surface area contributed by atoms with Crippen LogP contribution in [0.5, 0.6) is 11.5 Å². The fraction of sp³-hybridized carbons (Fsp3) is 0.450. The third-order valence-corrected chi connectivity index (χ3v) is 5.78. The Bertz CT molecular complexity index is 882. The number of esters is 1. The second-order valence-corrected chi connectivity index (χ2v) is 7.82. The van der Waals surface area contributed by atoms with Crippen LogP contribution in [0.3, 0.4) is 0 Å². The highest BCUT2D eigenvalue weighted by atomic mass is 32.2. The third-order valence-electron chi connectivity index (χ3n) is 4.72. The first-order valence-corrected chi connectivity index (χ1v) is 9.98. The summed E-state index contributed by atoms with van der Waals surface area (Å²) < 4.78 is 21.0. The van der Waals surface area contributed by atoms with Crippen molar-refractivity contribution in [3.63, 3.8) is 0 Å². The van der Waals surface area contributed by atoms with E-state index < -0.39 is 12.0 Å². The number of amidine groups is 1. The number of aliphatic imine (C=N–C) groups is 1. The minimum Gasteiger partial charge on any atom is -0.493 e. The molecule has 2 aliphatic rings. The molecule has 156 valence electrons. The van der Waals surface area contributed by atoms with E-state index in [1.165, 1.54) is 26.0 Å². The molecule has 1 fully saturated rings. The van der Waals surface area contributed by atoms with Gasteiger partial charge in [-0.25, -0.2) is 9.79 Å². The van der Waals surface area contributed by atoms with Crippen LogP contribution in [0.4, 0.5) is 0 Å². The topological polar surface area (TPSA) is 86.7 Å². The summed E-state index contributed by atoms with van der Waals surface area (Å²) in [5.74, 6) is 0.426. The van der Waals surface area contributed by atoms with Gasteiger partial charge in [0, 0.05) is 7.11 Å². The van der Waals surface area contributed by atoms with Crippen LogP contribution < -0.4 is 9.47 Å². The summed E-state index contributed by atoms with van der Waals surface area (Å²) in [6, 6.07) is 4.66. The molecule has 2 atom stereocenters. The molecule has 1 aromatic carbocycles. The maximum absolute atomic E-state index is 12.9. The lowest BCUT2D eigenvalue weighted by molar-refractivity contribution is -0.141. The summed E-state index contributed by atoms with van der Waals surface area (Å²) in [5.41, 5.74) is 1.55. The van der Waals surface area contributed by atoms with Gasteiger partial charge in [0.1, 0.15) is 6.61 Å². The maximum Gasteiger partial charge on any atom is 0.338 e. The van der Waals surface area contributed by atoms with Gasteiger partial charge in [-0.15, -0.1) is 0 Å². The summed E-state index contributed by atoms with van der Waals surface area (Å²) in [5, 5.41) is 0.293. The summed E-state index contributed by atoms with van der Waals surface area (Å²) in [6.07, 6.45) is 0. The Hall–Kier alpha value is -2.52. The number of hydrogen-bond donors (Lipinski definition) is 0. The molecular weight excluding hydrogens is 396 g/mol. The maximum atomic E-state index is 12.9. The smallest absolute Gasteiger partial charge is 0.338 e. The minimum absolute atomic E-state index is 0.108. The summed E-state index contributed by atoms with van der Waals surface area (Å²) in [7, 11) is 4.62. The highest BCUT2D eigenvalue weighted by Gasteiger charge is 2.46. The predicted octanol–water partition coefficient (Wildman–Crippen LogP) is 2.54. The quantitative estimate of drug-likeness (QED) is 0.495. The van der Waals surface area contributed by atoms with Crippen molar-refractivity contribution in [2.24, 2.45) is 4.99 Å². The first kappa shape index (κ1) is 21.2. The Morgan fingerprint density at radius 1 is 1.17 bits per heavy atom. The van der Waals surface area contributed by atoms with E-state index in [0.29, 0.717) is 33.5 Å². The first-order valence-electron chi connectivity index (χ1n) is 9.10. The molecule has 3 rings (SSSR count). The number of rotatable bonds is 7. The number of benzene rings is 1. The van der Waals surface area contributed by atoms with Crippen LogP contribution >= 0.6 is 11.8 Å². The Morgan fingerprint density at radius 3 is 2.55 bits per heavy atom. The lowest BCUT2D eigenvalue weighted by Crippen LogP contribution is -2.40. The summed E-state index contributed by atoms with van der Waals surface area (Å²) in [4.78, 5) is 31.9. The number of nitrogens with zero attached hydrogens (tertiary/aromatic N) is 2. The van der Waals surface area contributed by atoms with Gasteiger partial charge in [-0.2, -0.15) is 0 Å². The molecule has 0 saturated carbocycles. The number of carbonyl (C=O) groups is 2. The second-order valence-electron chi connectivity index (χ2n) is 6.51. The van der Waals surface area contributed by atoms with Gasteiger partial charge in [0.25, 0.3) is 0 Å². The number of ether oxygens (including phenoxy) is 4. The number of allylic oxidation sites excluding steroid dienone is 1. The van der Waals surface area contributed by atoms with E-state index in [2.05, 4.69) is 4.99 Å². The lowest BCUT2D eigenvalue weighted by Gasteiger charge is -2.33. The van der Waals surface area contributed by atoms with Gasteiger partial charge in [0.15, 0.2) is 16.7 Å². The number of carbonyl (C=O) groups excluding carboxylic acids is 2. The van der Waals surface area contributed by atoms with Gasteiger partial charge in [-0.1, -0.05) is 17.8 Å². The van der Waals surface area contributed by atoms with Gasteiger partial charge in [-0.05, 0) is 31.5 Å². The van der Waals surface area contributed by atoms with E-state index >= 15 is 0 Å². The van der Waals surface area contributed by atoms with Crippen molar-refractivity contribution < 1.29 is 28.5 Å². The molecule has 1 amide bonds. The van der Waals surface area contributed by atoms with Crippen molar-refractivity contribution in [1.29, 1.82) is 0 Å². The lowest BCUT2D eigenvalue weighted by atomic mass is 9.94. The summed E-state index contributed by atoms with van der Waals surface area (Å²) >= 11 is 1.38. The minimum atomic E-state index is -0.665. The number of hydrogen-bond acceptors (Lipinski definition) is 8. The van der Waals surface area contributed by atoms with Crippen LogP contribution in [-0.2, 0) is 19.1 Å². The van der Waals surface area contributed by atoms with E-state index in [-0.39, 0.29) is 24.4 Å². The number of thioether (sulfide) groups is 1. The molecule has 0 aliphatic carbocycles. The number of fused-ring (bicyclic) bond motifs is 1. The zero-order valence-corrected chi connectivity index (χ0v) is 17.9. The molecule has 2 aliphatic heterocycles. The average molecular weight is 420 g/mol. The van der Waals surface area contributed by atoms with E-state index in [1.54, 1.807) is 31.1 Å². The monoisotopic (exact) mass is 420 g/mol. The van der Waals surface area contributed by atoms with Crippen molar-refractivity contribution >= 4 is 28.8 Å². The van der Waals surface area contributed by atoms with Crippen LogP contribution in [0.1, 0.15) is 25.5 Å². The fourth-order valence-electron chi connectivity index (χ4n) is 3.30. The SMILES string of the molecule is COCCOC(=O)C1=C(C)N=C2S[C@H](C)C(=O)N2[C@H]1c1ccc(OC)c(OC)c1. The highest BCUT2D eigenvalue weighted by molar-refractivity contribution is 8.15. The van der Waals surface area contributed by atoms with Crippen LogP contribution in [0, 0.1) is 0 Å². The van der Waals surface area contributed by atoms with E-state index in [1.807, 2.05) is 13.0 Å². The number of methoxy groups -OCH3 is 3. The van der Waals surface area contributed by atoms with Gasteiger partial charge >= 0.3 is 5.97 Å². The first-order chi connectivity index (χ1) is 13.9. The molecule has 0 unspecified atom stereocenters. The zero-order chi connectivity index (χ0) is 21.1. The number of amides is 1. The Morgan fingerprint density at radius 2 is 1.90 bits per heavy atom. The van der Waals surface area contributed by atoms with Gasteiger partial charge < -0.3 is 18.9 Å². The van der Waals surface area contributed by atoms with Crippen LogP contribution in [0.15, 0.2) is 34.5 Å². The molecule has 9 heteroatoms. The van der Waals surface area contributed by atoms with Gasteiger partial charge in [-0.3, -0.25) is 9.69 Å². The summed E-state index contributed by atoms with van der Waals surface area (Å²) in [6.45, 7) is 3.97. The average Bonchev–Trinajstić information content (AvgIpc) is 2.99. The molecule has 0 aromatic heterocycles. The molecule has 1 aromatic rings. The van der Waals surface area contributed by atoms with Crippen molar-refractivity contribution in [3.05, 3.63) is 35.0 Å².